The summed E-state index contributed by atoms with van der Waals surface area (Å²) < 4.78 is 13.3. The Labute approximate surface area is 109 Å². The van der Waals surface area contributed by atoms with Gasteiger partial charge in [0.05, 0.1) is 12.1 Å². The minimum absolute atomic E-state index is 0.445. The zero-order valence-corrected chi connectivity index (χ0v) is 10.3. The van der Waals surface area contributed by atoms with E-state index in [1.54, 1.807) is 6.20 Å². The molecular formula is C14H13FN4. The Kier molecular flexibility index (Phi) is 2.21. The predicted molar refractivity (Wildman–Crippen MR) is 73.1 cm³/mol. The number of hydrogen-bond donors (Lipinski definition) is 1. The number of alkyl halides is 1. The van der Waals surface area contributed by atoms with Crippen LogP contribution in [0.25, 0.3) is 21.9 Å². The van der Waals surface area contributed by atoms with Crippen LogP contribution in [0.15, 0.2) is 30.6 Å². The van der Waals surface area contributed by atoms with E-state index >= 15 is 0 Å². The van der Waals surface area contributed by atoms with Crippen LogP contribution in [0, 0.1) is 0 Å². The smallest absolute Gasteiger partial charge is 0.140 e. The maximum absolute atomic E-state index is 13.3. The maximum atomic E-state index is 13.3. The number of nitrogens with one attached hydrogen (secondary N) is 1. The molecular weight excluding hydrogens is 243 g/mol. The highest BCUT2D eigenvalue weighted by Gasteiger charge is 2.23. The molecule has 1 aliphatic rings. The average molecular weight is 256 g/mol. The highest BCUT2D eigenvalue weighted by molar-refractivity contribution is 6.05. The molecule has 0 saturated carbocycles. The second-order valence-corrected chi connectivity index (χ2v) is 4.94. The molecule has 0 bridgehead atoms. The molecule has 1 fully saturated rings. The van der Waals surface area contributed by atoms with Crippen molar-refractivity contribution in [2.45, 2.75) is 12.6 Å². The number of anilines is 1. The third-order valence-electron chi connectivity index (χ3n) is 3.70. The molecule has 4 rings (SSSR count). The van der Waals surface area contributed by atoms with Crippen molar-refractivity contribution in [2.24, 2.45) is 0 Å². The molecule has 1 atom stereocenters. The van der Waals surface area contributed by atoms with Gasteiger partial charge in [0.25, 0.3) is 0 Å². The van der Waals surface area contributed by atoms with Crippen molar-refractivity contribution in [3.05, 3.63) is 30.6 Å². The largest absolute Gasteiger partial charge is 0.354 e. The molecule has 19 heavy (non-hydrogen) atoms. The van der Waals surface area contributed by atoms with Crippen LogP contribution in [0.3, 0.4) is 0 Å². The number of rotatable bonds is 1. The Bertz CT molecular complexity index is 751. The maximum Gasteiger partial charge on any atom is 0.140 e. The van der Waals surface area contributed by atoms with E-state index in [1.165, 1.54) is 0 Å². The quantitative estimate of drug-likeness (QED) is 0.728. The lowest BCUT2D eigenvalue weighted by molar-refractivity contribution is 0.364. The number of pyridine rings is 2. The fourth-order valence-electron chi connectivity index (χ4n) is 2.71. The molecule has 4 heterocycles. The number of H-pyrrole nitrogens is 1. The van der Waals surface area contributed by atoms with Gasteiger partial charge in [0, 0.05) is 29.7 Å². The second-order valence-electron chi connectivity index (χ2n) is 4.94. The molecule has 5 heteroatoms. The van der Waals surface area contributed by atoms with E-state index < -0.39 is 6.17 Å². The van der Waals surface area contributed by atoms with Crippen molar-refractivity contribution in [2.75, 3.05) is 18.0 Å². The first-order valence-corrected chi connectivity index (χ1v) is 6.43. The van der Waals surface area contributed by atoms with E-state index in [-0.39, 0.29) is 0 Å². The van der Waals surface area contributed by atoms with Gasteiger partial charge in [0.2, 0.25) is 0 Å². The Morgan fingerprint density at radius 3 is 3.05 bits per heavy atom. The van der Waals surface area contributed by atoms with Crippen LogP contribution >= 0.6 is 0 Å². The monoisotopic (exact) mass is 256 g/mol. The van der Waals surface area contributed by atoms with Crippen LogP contribution in [0.2, 0.25) is 0 Å². The Hall–Kier alpha value is -2.17. The zero-order valence-electron chi connectivity index (χ0n) is 10.3. The fourth-order valence-corrected chi connectivity index (χ4v) is 2.71. The first-order chi connectivity index (χ1) is 9.31. The Balaban J connectivity index is 1.85. The van der Waals surface area contributed by atoms with Crippen molar-refractivity contribution >= 4 is 27.8 Å². The summed E-state index contributed by atoms with van der Waals surface area (Å²) in [7, 11) is 0. The van der Waals surface area contributed by atoms with Crippen LogP contribution in [-0.2, 0) is 0 Å². The third-order valence-corrected chi connectivity index (χ3v) is 3.70. The van der Waals surface area contributed by atoms with E-state index in [2.05, 4.69) is 15.0 Å². The molecule has 3 aromatic heterocycles. The Morgan fingerprint density at radius 2 is 2.21 bits per heavy atom. The first-order valence-electron chi connectivity index (χ1n) is 6.43. The molecule has 1 saturated heterocycles. The topological polar surface area (TPSA) is 44.8 Å². The molecule has 0 amide bonds. The summed E-state index contributed by atoms with van der Waals surface area (Å²) in [5.74, 6) is 0.840. The lowest BCUT2D eigenvalue weighted by Crippen LogP contribution is -2.20. The third kappa shape index (κ3) is 1.65. The van der Waals surface area contributed by atoms with E-state index in [4.69, 9.17) is 0 Å². The van der Waals surface area contributed by atoms with Crippen LogP contribution < -0.4 is 4.90 Å². The van der Waals surface area contributed by atoms with Crippen molar-refractivity contribution in [1.29, 1.82) is 0 Å². The molecule has 0 unspecified atom stereocenters. The highest BCUT2D eigenvalue weighted by atomic mass is 19.1. The number of aromatic amines is 1. The van der Waals surface area contributed by atoms with Crippen molar-refractivity contribution in [3.8, 4) is 0 Å². The van der Waals surface area contributed by atoms with Gasteiger partial charge in [-0.25, -0.2) is 9.37 Å². The zero-order chi connectivity index (χ0) is 12.8. The van der Waals surface area contributed by atoms with Crippen molar-refractivity contribution in [3.63, 3.8) is 0 Å². The number of hydrogen-bond acceptors (Lipinski definition) is 3. The first kappa shape index (κ1) is 10.7. The summed E-state index contributed by atoms with van der Waals surface area (Å²) in [5.41, 5.74) is 1.86. The summed E-state index contributed by atoms with van der Waals surface area (Å²) in [5, 5.41) is 2.13. The van der Waals surface area contributed by atoms with Crippen LogP contribution in [0.5, 0.6) is 0 Å². The van der Waals surface area contributed by atoms with E-state index in [1.807, 2.05) is 29.3 Å². The number of fused-ring (bicyclic) bond motifs is 3. The molecule has 1 N–H and O–H groups in total. The van der Waals surface area contributed by atoms with Gasteiger partial charge in [-0.3, -0.25) is 4.98 Å². The summed E-state index contributed by atoms with van der Waals surface area (Å²) >= 11 is 0. The molecule has 96 valence electrons. The molecule has 0 aromatic carbocycles. The minimum atomic E-state index is -0.732. The normalized spacial score (nSPS) is 19.6. The molecule has 3 aromatic rings. The van der Waals surface area contributed by atoms with E-state index in [9.17, 15) is 4.39 Å². The SMILES string of the molecule is F[C@H]1CCN(c2ccc3c(n2)[nH]c2ccncc23)C1. The molecule has 0 radical (unpaired) electrons. The summed E-state index contributed by atoms with van der Waals surface area (Å²) in [6.07, 6.45) is 3.45. The van der Waals surface area contributed by atoms with Crippen molar-refractivity contribution < 1.29 is 4.39 Å². The van der Waals surface area contributed by atoms with E-state index in [0.29, 0.717) is 13.0 Å². The lowest BCUT2D eigenvalue weighted by Gasteiger charge is -2.15. The Morgan fingerprint density at radius 1 is 1.26 bits per heavy atom. The molecule has 1 aliphatic heterocycles. The average Bonchev–Trinajstić information content (AvgIpc) is 3.01. The summed E-state index contributed by atoms with van der Waals surface area (Å²) in [6, 6.07) is 5.93. The summed E-state index contributed by atoms with van der Waals surface area (Å²) in [4.78, 5) is 14.0. The second kappa shape index (κ2) is 3.91. The molecule has 4 nitrogen and oxygen atoms in total. The van der Waals surface area contributed by atoms with Gasteiger partial charge in [-0.15, -0.1) is 0 Å². The predicted octanol–water partition coefficient (Wildman–Crippen LogP) is 2.66. The minimum Gasteiger partial charge on any atom is -0.354 e. The summed E-state index contributed by atoms with van der Waals surface area (Å²) in [6.45, 7) is 1.18. The number of aromatic nitrogens is 3. The highest BCUT2D eigenvalue weighted by Crippen LogP contribution is 2.27. The van der Waals surface area contributed by atoms with Gasteiger partial charge >= 0.3 is 0 Å². The van der Waals surface area contributed by atoms with Crippen LogP contribution in [0.4, 0.5) is 10.2 Å². The van der Waals surface area contributed by atoms with Gasteiger partial charge in [-0.1, -0.05) is 0 Å². The van der Waals surface area contributed by atoms with Crippen LogP contribution in [0.1, 0.15) is 6.42 Å². The van der Waals surface area contributed by atoms with Gasteiger partial charge < -0.3 is 9.88 Å². The number of halogens is 1. The van der Waals surface area contributed by atoms with Crippen LogP contribution in [-0.4, -0.2) is 34.2 Å². The molecule has 0 spiro atoms. The molecule has 0 aliphatic carbocycles. The van der Waals surface area contributed by atoms with Gasteiger partial charge in [0.1, 0.15) is 17.6 Å². The fraction of sp³-hybridized carbons (Fsp3) is 0.286. The van der Waals surface area contributed by atoms with Gasteiger partial charge in [-0.2, -0.15) is 0 Å². The van der Waals surface area contributed by atoms with Gasteiger partial charge in [-0.05, 0) is 24.6 Å². The lowest BCUT2D eigenvalue weighted by atomic mass is 10.2. The van der Waals surface area contributed by atoms with Crippen molar-refractivity contribution in [1.82, 2.24) is 15.0 Å². The standard InChI is InChI=1S/C14H13FN4/c15-9-4-6-19(8-9)13-2-1-10-11-7-16-5-3-12(11)17-14(10)18-13/h1-3,5,7,9H,4,6,8H2,(H,17,18)/t9-/m0/s1. The van der Waals surface area contributed by atoms with Gasteiger partial charge in [0.15, 0.2) is 0 Å². The van der Waals surface area contributed by atoms with E-state index in [0.717, 1.165) is 34.3 Å². The number of nitrogens with zero attached hydrogens (tertiary/aromatic N) is 3.